The normalized spacial score (nSPS) is 12.5. The van der Waals surface area contributed by atoms with Crippen molar-refractivity contribution in [1.29, 1.82) is 0 Å². The van der Waals surface area contributed by atoms with Gasteiger partial charge in [0.15, 0.2) is 0 Å². The Labute approximate surface area is 98.8 Å². The first-order chi connectivity index (χ1) is 7.67. The Hall–Kier alpha value is -1.02. The van der Waals surface area contributed by atoms with E-state index in [1.54, 1.807) is 0 Å². The summed E-state index contributed by atoms with van der Waals surface area (Å²) in [5, 5.41) is 0. The number of rotatable bonds is 6. The van der Waals surface area contributed by atoms with Crippen LogP contribution < -0.4 is 10.5 Å². The maximum atomic E-state index is 5.94. The van der Waals surface area contributed by atoms with Crippen LogP contribution >= 0.6 is 0 Å². The van der Waals surface area contributed by atoms with Crippen molar-refractivity contribution in [2.45, 2.75) is 46.1 Å². The summed E-state index contributed by atoms with van der Waals surface area (Å²) >= 11 is 0. The van der Waals surface area contributed by atoms with Gasteiger partial charge in [-0.05, 0) is 43.4 Å². The van der Waals surface area contributed by atoms with Gasteiger partial charge in [0.1, 0.15) is 5.75 Å². The van der Waals surface area contributed by atoms with Gasteiger partial charge in [-0.15, -0.1) is 0 Å². The Kier molecular flexibility index (Phi) is 5.33. The molecule has 0 fully saturated rings. The lowest BCUT2D eigenvalue weighted by Crippen LogP contribution is -2.21. The van der Waals surface area contributed by atoms with Crippen molar-refractivity contribution in [2.24, 2.45) is 5.73 Å². The maximum absolute atomic E-state index is 5.94. The third kappa shape index (κ3) is 3.86. The topological polar surface area (TPSA) is 35.2 Å². The molecule has 1 unspecified atom stereocenters. The minimum absolute atomic E-state index is 0.266. The molecule has 1 rings (SSSR count). The van der Waals surface area contributed by atoms with Crippen molar-refractivity contribution in [1.82, 2.24) is 0 Å². The van der Waals surface area contributed by atoms with Crippen LogP contribution in [0, 0.1) is 6.92 Å². The second-order valence-corrected chi connectivity index (χ2v) is 4.32. The fourth-order valence-corrected chi connectivity index (χ4v) is 1.66. The molecule has 0 heterocycles. The van der Waals surface area contributed by atoms with E-state index in [1.165, 1.54) is 11.1 Å². The van der Waals surface area contributed by atoms with E-state index in [-0.39, 0.29) is 6.04 Å². The monoisotopic (exact) mass is 221 g/mol. The first kappa shape index (κ1) is 13.0. The van der Waals surface area contributed by atoms with Gasteiger partial charge in [0.2, 0.25) is 0 Å². The van der Waals surface area contributed by atoms with Gasteiger partial charge in [-0.25, -0.2) is 0 Å². The van der Waals surface area contributed by atoms with Crippen molar-refractivity contribution < 1.29 is 4.74 Å². The molecule has 16 heavy (non-hydrogen) atoms. The number of ether oxygens (including phenoxy) is 1. The average Bonchev–Trinajstić information content (AvgIpc) is 2.28. The zero-order chi connectivity index (χ0) is 12.0. The van der Waals surface area contributed by atoms with Crippen molar-refractivity contribution >= 4 is 0 Å². The SMILES string of the molecule is CCCOc1ccc(CC(N)CC)cc1C. The molecule has 2 N–H and O–H groups in total. The highest BCUT2D eigenvalue weighted by atomic mass is 16.5. The van der Waals surface area contributed by atoms with Gasteiger partial charge in [-0.1, -0.05) is 26.0 Å². The predicted octanol–water partition coefficient (Wildman–Crippen LogP) is 3.06. The maximum Gasteiger partial charge on any atom is 0.122 e. The molecule has 1 atom stereocenters. The van der Waals surface area contributed by atoms with E-state index in [0.29, 0.717) is 0 Å². The summed E-state index contributed by atoms with van der Waals surface area (Å²) in [7, 11) is 0. The van der Waals surface area contributed by atoms with Crippen LogP contribution in [0.4, 0.5) is 0 Å². The van der Waals surface area contributed by atoms with Crippen LogP contribution in [0.25, 0.3) is 0 Å². The molecular weight excluding hydrogens is 198 g/mol. The molecular formula is C14H23NO. The molecule has 1 aromatic rings. The largest absolute Gasteiger partial charge is 0.493 e. The minimum atomic E-state index is 0.266. The Morgan fingerprint density at radius 3 is 2.62 bits per heavy atom. The lowest BCUT2D eigenvalue weighted by atomic mass is 10.0. The fraction of sp³-hybridized carbons (Fsp3) is 0.571. The highest BCUT2D eigenvalue weighted by molar-refractivity contribution is 5.36. The van der Waals surface area contributed by atoms with Crippen LogP contribution in [-0.4, -0.2) is 12.6 Å². The lowest BCUT2D eigenvalue weighted by Gasteiger charge is -2.12. The van der Waals surface area contributed by atoms with Crippen molar-refractivity contribution in [3.63, 3.8) is 0 Å². The third-order valence-electron chi connectivity index (χ3n) is 2.72. The van der Waals surface area contributed by atoms with E-state index in [4.69, 9.17) is 10.5 Å². The van der Waals surface area contributed by atoms with E-state index in [2.05, 4.69) is 39.0 Å². The van der Waals surface area contributed by atoms with Crippen LogP contribution in [-0.2, 0) is 6.42 Å². The summed E-state index contributed by atoms with van der Waals surface area (Å²) in [5.41, 5.74) is 8.45. The van der Waals surface area contributed by atoms with Crippen LogP contribution in [0.3, 0.4) is 0 Å². The van der Waals surface area contributed by atoms with Crippen LogP contribution in [0.2, 0.25) is 0 Å². The number of nitrogens with two attached hydrogens (primary N) is 1. The van der Waals surface area contributed by atoms with Gasteiger partial charge in [0.05, 0.1) is 6.61 Å². The molecule has 0 spiro atoms. The Balaban J connectivity index is 2.66. The van der Waals surface area contributed by atoms with Gasteiger partial charge < -0.3 is 10.5 Å². The molecule has 0 radical (unpaired) electrons. The van der Waals surface area contributed by atoms with Gasteiger partial charge >= 0.3 is 0 Å². The Morgan fingerprint density at radius 2 is 2.06 bits per heavy atom. The predicted molar refractivity (Wildman–Crippen MR) is 68.9 cm³/mol. The first-order valence-electron chi connectivity index (χ1n) is 6.15. The van der Waals surface area contributed by atoms with E-state index < -0.39 is 0 Å². The zero-order valence-corrected chi connectivity index (χ0v) is 10.6. The average molecular weight is 221 g/mol. The summed E-state index contributed by atoms with van der Waals surface area (Å²) in [5.74, 6) is 0.996. The standard InChI is InChI=1S/C14H23NO/c1-4-8-16-14-7-6-12(9-11(14)3)10-13(15)5-2/h6-7,9,13H,4-5,8,10,15H2,1-3H3. The number of hydrogen-bond acceptors (Lipinski definition) is 2. The van der Waals surface area contributed by atoms with Gasteiger partial charge in [0.25, 0.3) is 0 Å². The molecule has 2 heteroatoms. The summed E-state index contributed by atoms with van der Waals surface area (Å²) in [6, 6.07) is 6.62. The first-order valence-corrected chi connectivity index (χ1v) is 6.15. The summed E-state index contributed by atoms with van der Waals surface area (Å²) < 4.78 is 5.64. The fourth-order valence-electron chi connectivity index (χ4n) is 1.66. The van der Waals surface area contributed by atoms with Crippen LogP contribution in [0.15, 0.2) is 18.2 Å². The molecule has 0 aromatic heterocycles. The van der Waals surface area contributed by atoms with Crippen LogP contribution in [0.1, 0.15) is 37.8 Å². The minimum Gasteiger partial charge on any atom is -0.493 e. The quantitative estimate of drug-likeness (QED) is 0.801. The number of benzene rings is 1. The molecule has 0 aliphatic heterocycles. The van der Waals surface area contributed by atoms with E-state index >= 15 is 0 Å². The van der Waals surface area contributed by atoms with Crippen LogP contribution in [0.5, 0.6) is 5.75 Å². The molecule has 2 nitrogen and oxygen atoms in total. The molecule has 0 aliphatic rings. The summed E-state index contributed by atoms with van der Waals surface area (Å²) in [4.78, 5) is 0. The highest BCUT2D eigenvalue weighted by Gasteiger charge is 2.04. The van der Waals surface area contributed by atoms with Crippen molar-refractivity contribution in [2.75, 3.05) is 6.61 Å². The molecule has 90 valence electrons. The summed E-state index contributed by atoms with van der Waals surface area (Å²) in [6.45, 7) is 7.11. The molecule has 0 saturated heterocycles. The third-order valence-corrected chi connectivity index (χ3v) is 2.72. The van der Waals surface area contributed by atoms with Crippen molar-refractivity contribution in [3.8, 4) is 5.75 Å². The second kappa shape index (κ2) is 6.54. The molecule has 0 saturated carbocycles. The van der Waals surface area contributed by atoms with Gasteiger partial charge in [-0.2, -0.15) is 0 Å². The van der Waals surface area contributed by atoms with Crippen molar-refractivity contribution in [3.05, 3.63) is 29.3 Å². The second-order valence-electron chi connectivity index (χ2n) is 4.32. The number of aryl methyl sites for hydroxylation is 1. The molecule has 1 aromatic carbocycles. The van der Waals surface area contributed by atoms with Gasteiger partial charge in [-0.3, -0.25) is 0 Å². The zero-order valence-electron chi connectivity index (χ0n) is 10.6. The molecule has 0 amide bonds. The Morgan fingerprint density at radius 1 is 1.31 bits per heavy atom. The Bertz CT molecular complexity index is 323. The molecule has 0 aliphatic carbocycles. The summed E-state index contributed by atoms with van der Waals surface area (Å²) in [6.07, 6.45) is 3.01. The van der Waals surface area contributed by atoms with E-state index in [1.807, 2.05) is 0 Å². The molecule has 0 bridgehead atoms. The van der Waals surface area contributed by atoms with E-state index in [9.17, 15) is 0 Å². The van der Waals surface area contributed by atoms with Gasteiger partial charge in [0, 0.05) is 6.04 Å². The number of hydrogen-bond donors (Lipinski definition) is 1. The lowest BCUT2D eigenvalue weighted by molar-refractivity contribution is 0.315. The highest BCUT2D eigenvalue weighted by Crippen LogP contribution is 2.20. The van der Waals surface area contributed by atoms with E-state index in [0.717, 1.165) is 31.6 Å². The smallest absolute Gasteiger partial charge is 0.122 e.